The van der Waals surface area contributed by atoms with E-state index >= 15 is 0 Å². The van der Waals surface area contributed by atoms with Gasteiger partial charge in [-0.2, -0.15) is 0 Å². The van der Waals surface area contributed by atoms with E-state index in [-0.39, 0.29) is 6.10 Å². The Morgan fingerprint density at radius 3 is 2.69 bits per heavy atom. The van der Waals surface area contributed by atoms with Crippen LogP contribution >= 0.6 is 11.3 Å². The number of aliphatic hydroxyl groups excluding tert-OH is 1. The van der Waals surface area contributed by atoms with Gasteiger partial charge >= 0.3 is 0 Å². The number of hydrogen-bond acceptors (Lipinski definition) is 2. The summed E-state index contributed by atoms with van der Waals surface area (Å²) in [5, 5.41) is 11.5. The van der Waals surface area contributed by atoms with Crippen molar-refractivity contribution in [2.75, 3.05) is 0 Å². The highest BCUT2D eigenvalue weighted by molar-refractivity contribution is 7.09. The van der Waals surface area contributed by atoms with Gasteiger partial charge in [0.2, 0.25) is 0 Å². The summed E-state index contributed by atoms with van der Waals surface area (Å²) in [6, 6.07) is 4.34. The minimum absolute atomic E-state index is 0.0143. The topological polar surface area (TPSA) is 20.2 Å². The molecule has 1 aromatic heterocycles. The van der Waals surface area contributed by atoms with Gasteiger partial charge in [-0.3, -0.25) is 0 Å². The lowest BCUT2D eigenvalue weighted by molar-refractivity contribution is 0.109. The molecule has 1 saturated carbocycles. The first-order valence-corrected chi connectivity index (χ1v) is 5.93. The molecule has 0 spiro atoms. The van der Waals surface area contributed by atoms with E-state index < -0.39 is 0 Å². The van der Waals surface area contributed by atoms with Crippen molar-refractivity contribution in [1.29, 1.82) is 0 Å². The molecule has 0 unspecified atom stereocenters. The number of aliphatic hydroxyl groups is 1. The molecular formula is C11H16OS. The zero-order chi connectivity index (χ0) is 9.10. The summed E-state index contributed by atoms with van der Waals surface area (Å²) in [6.07, 6.45) is 5.65. The van der Waals surface area contributed by atoms with Gasteiger partial charge in [0.25, 0.3) is 0 Å². The van der Waals surface area contributed by atoms with Crippen molar-refractivity contribution >= 4 is 11.3 Å². The van der Waals surface area contributed by atoms with Crippen molar-refractivity contribution < 1.29 is 5.11 Å². The lowest BCUT2D eigenvalue weighted by atomic mass is 9.85. The van der Waals surface area contributed by atoms with E-state index in [0.29, 0.717) is 0 Å². The summed E-state index contributed by atoms with van der Waals surface area (Å²) in [6.45, 7) is 0. The van der Waals surface area contributed by atoms with E-state index in [1.54, 1.807) is 0 Å². The van der Waals surface area contributed by atoms with Crippen LogP contribution in [0.15, 0.2) is 17.5 Å². The van der Waals surface area contributed by atoms with Crippen LogP contribution in [0.2, 0.25) is 0 Å². The standard InChI is InChI=1S/C11H16OS/c12-10-5-3-9(4-6-10)8-11-2-1-7-13-11/h1-2,7,9-10,12H,3-6,8H2. The van der Waals surface area contributed by atoms with Gasteiger partial charge in [-0.25, -0.2) is 0 Å². The normalized spacial score (nSPS) is 29.0. The van der Waals surface area contributed by atoms with Crippen LogP contribution in [0.25, 0.3) is 0 Å². The Kier molecular flexibility index (Phi) is 3.01. The van der Waals surface area contributed by atoms with Gasteiger partial charge in [0.15, 0.2) is 0 Å². The lowest BCUT2D eigenvalue weighted by Crippen LogP contribution is -2.19. The minimum atomic E-state index is -0.0143. The van der Waals surface area contributed by atoms with Crippen LogP contribution in [0.4, 0.5) is 0 Å². The zero-order valence-electron chi connectivity index (χ0n) is 7.78. The van der Waals surface area contributed by atoms with Crippen molar-refractivity contribution in [2.24, 2.45) is 5.92 Å². The summed E-state index contributed by atoms with van der Waals surface area (Å²) in [7, 11) is 0. The van der Waals surface area contributed by atoms with Gasteiger partial charge in [0.1, 0.15) is 0 Å². The molecule has 1 fully saturated rings. The van der Waals surface area contributed by atoms with Gasteiger partial charge in [-0.05, 0) is 49.5 Å². The largest absolute Gasteiger partial charge is 0.393 e. The smallest absolute Gasteiger partial charge is 0.0540 e. The molecule has 0 atom stereocenters. The molecule has 0 radical (unpaired) electrons. The molecule has 13 heavy (non-hydrogen) atoms. The summed E-state index contributed by atoms with van der Waals surface area (Å²) >= 11 is 1.85. The first-order chi connectivity index (χ1) is 6.34. The quantitative estimate of drug-likeness (QED) is 0.771. The van der Waals surface area contributed by atoms with E-state index in [1.165, 1.54) is 24.1 Å². The molecule has 2 rings (SSSR count). The SMILES string of the molecule is OC1CCC(Cc2cccs2)CC1. The third-order valence-corrected chi connectivity index (χ3v) is 3.78. The summed E-state index contributed by atoms with van der Waals surface area (Å²) in [5.74, 6) is 0.821. The fourth-order valence-electron chi connectivity index (χ4n) is 2.06. The summed E-state index contributed by atoms with van der Waals surface area (Å²) in [5.41, 5.74) is 0. The molecule has 1 aromatic rings. The number of thiophene rings is 1. The highest BCUT2D eigenvalue weighted by atomic mass is 32.1. The Labute approximate surface area is 83.4 Å². The molecule has 0 aromatic carbocycles. The van der Waals surface area contributed by atoms with E-state index in [4.69, 9.17) is 0 Å². The maximum absolute atomic E-state index is 9.36. The van der Waals surface area contributed by atoms with Crippen molar-refractivity contribution in [3.05, 3.63) is 22.4 Å². The molecule has 0 bridgehead atoms. The molecule has 1 aliphatic rings. The first-order valence-electron chi connectivity index (χ1n) is 5.05. The van der Waals surface area contributed by atoms with Crippen molar-refractivity contribution in [1.82, 2.24) is 0 Å². The van der Waals surface area contributed by atoms with Crippen LogP contribution in [0.3, 0.4) is 0 Å². The van der Waals surface area contributed by atoms with Crippen LogP contribution in [0.1, 0.15) is 30.6 Å². The summed E-state index contributed by atoms with van der Waals surface area (Å²) in [4.78, 5) is 1.50. The molecule has 2 heteroatoms. The second kappa shape index (κ2) is 4.25. The fourth-order valence-corrected chi connectivity index (χ4v) is 2.88. The lowest BCUT2D eigenvalue weighted by Gasteiger charge is -2.24. The Morgan fingerprint density at radius 1 is 1.31 bits per heavy atom. The van der Waals surface area contributed by atoms with Crippen LogP contribution in [0.5, 0.6) is 0 Å². The van der Waals surface area contributed by atoms with Crippen LogP contribution in [0, 0.1) is 5.92 Å². The molecule has 1 N–H and O–H groups in total. The van der Waals surface area contributed by atoms with Crippen LogP contribution in [-0.4, -0.2) is 11.2 Å². The molecule has 72 valence electrons. The van der Waals surface area contributed by atoms with Crippen molar-refractivity contribution in [3.8, 4) is 0 Å². The molecule has 0 amide bonds. The average Bonchev–Trinajstić information content (AvgIpc) is 2.62. The van der Waals surface area contributed by atoms with Gasteiger partial charge in [-0.1, -0.05) is 6.07 Å². The van der Waals surface area contributed by atoms with Crippen molar-refractivity contribution in [2.45, 2.75) is 38.2 Å². The molecule has 1 aliphatic carbocycles. The fraction of sp³-hybridized carbons (Fsp3) is 0.636. The number of hydrogen-bond donors (Lipinski definition) is 1. The Balaban J connectivity index is 1.83. The third-order valence-electron chi connectivity index (χ3n) is 2.89. The van der Waals surface area contributed by atoms with E-state index in [9.17, 15) is 5.11 Å². The Hall–Kier alpha value is -0.340. The highest BCUT2D eigenvalue weighted by Gasteiger charge is 2.19. The molecule has 1 nitrogen and oxygen atoms in total. The minimum Gasteiger partial charge on any atom is -0.393 e. The van der Waals surface area contributed by atoms with E-state index in [2.05, 4.69) is 17.5 Å². The predicted molar refractivity (Wildman–Crippen MR) is 56.0 cm³/mol. The second-order valence-electron chi connectivity index (χ2n) is 3.96. The van der Waals surface area contributed by atoms with E-state index in [0.717, 1.165) is 18.8 Å². The molecule has 0 saturated heterocycles. The molecule has 0 aliphatic heterocycles. The van der Waals surface area contributed by atoms with Crippen LogP contribution < -0.4 is 0 Å². The highest BCUT2D eigenvalue weighted by Crippen LogP contribution is 2.28. The van der Waals surface area contributed by atoms with Gasteiger partial charge in [-0.15, -0.1) is 11.3 Å². The molecular weight excluding hydrogens is 180 g/mol. The Bertz CT molecular complexity index is 235. The van der Waals surface area contributed by atoms with Gasteiger partial charge < -0.3 is 5.11 Å². The zero-order valence-corrected chi connectivity index (χ0v) is 8.59. The maximum atomic E-state index is 9.36. The van der Waals surface area contributed by atoms with Crippen molar-refractivity contribution in [3.63, 3.8) is 0 Å². The third kappa shape index (κ3) is 2.55. The summed E-state index contributed by atoms with van der Waals surface area (Å²) < 4.78 is 0. The average molecular weight is 196 g/mol. The molecule has 1 heterocycles. The van der Waals surface area contributed by atoms with Gasteiger partial charge in [0, 0.05) is 4.88 Å². The number of rotatable bonds is 2. The second-order valence-corrected chi connectivity index (χ2v) is 4.99. The first kappa shape index (κ1) is 9.22. The van der Waals surface area contributed by atoms with Gasteiger partial charge in [0.05, 0.1) is 6.10 Å². The van der Waals surface area contributed by atoms with Crippen LogP contribution in [-0.2, 0) is 6.42 Å². The predicted octanol–water partition coefficient (Wildman–Crippen LogP) is 2.84. The Morgan fingerprint density at radius 2 is 2.08 bits per heavy atom. The maximum Gasteiger partial charge on any atom is 0.0540 e. The monoisotopic (exact) mass is 196 g/mol. The van der Waals surface area contributed by atoms with E-state index in [1.807, 2.05) is 11.3 Å².